The number of rotatable bonds is 25. The third-order valence-electron chi connectivity index (χ3n) is 4.23. The molecule has 10 nitrogen and oxygen atoms in total. The van der Waals surface area contributed by atoms with Gasteiger partial charge >= 0.3 is 0 Å². The fraction of sp³-hybridized carbons (Fsp3) is 0.818. The minimum atomic E-state index is -0.407. The Morgan fingerprint density at radius 3 is 1.65 bits per heavy atom. The lowest BCUT2D eigenvalue weighted by Crippen LogP contribution is -2.32. The van der Waals surface area contributed by atoms with Crippen LogP contribution in [0.15, 0.2) is 0 Å². The number of hydrogen-bond donors (Lipinski definition) is 1. The molecule has 34 heavy (non-hydrogen) atoms. The maximum absolute atomic E-state index is 11.9. The molecule has 0 radical (unpaired) electrons. The van der Waals surface area contributed by atoms with E-state index < -0.39 is 6.10 Å². The van der Waals surface area contributed by atoms with Gasteiger partial charge < -0.3 is 29.0 Å². The van der Waals surface area contributed by atoms with Gasteiger partial charge in [0.2, 0.25) is 5.91 Å². The highest BCUT2D eigenvalue weighted by molar-refractivity contribution is 6.27. The standard InChI is InChI=1S/C22H37Cl2NO9/c1-18(26)16-33-13-12-32-11-10-31-9-8-30-7-6-25-22(29)17-34-21(4-2-19(27)14-23)5-3-20(28)15-24/h21H,2-17H2,1H3,(H,25,29). The van der Waals surface area contributed by atoms with Gasteiger partial charge in [0.15, 0.2) is 5.78 Å². The Labute approximate surface area is 211 Å². The first-order chi connectivity index (χ1) is 16.4. The van der Waals surface area contributed by atoms with Gasteiger partial charge in [0.25, 0.3) is 0 Å². The zero-order valence-electron chi connectivity index (χ0n) is 19.8. The van der Waals surface area contributed by atoms with E-state index in [1.807, 2.05) is 0 Å². The first-order valence-electron chi connectivity index (χ1n) is 11.2. The Bertz CT molecular complexity index is 559. The second-order valence-corrected chi connectivity index (χ2v) is 7.83. The van der Waals surface area contributed by atoms with Crippen molar-refractivity contribution in [3.63, 3.8) is 0 Å². The number of hydrogen-bond acceptors (Lipinski definition) is 9. The van der Waals surface area contributed by atoms with E-state index >= 15 is 0 Å². The van der Waals surface area contributed by atoms with Crippen LogP contribution in [0, 0.1) is 0 Å². The van der Waals surface area contributed by atoms with Crippen molar-refractivity contribution in [1.29, 1.82) is 0 Å². The molecule has 0 saturated carbocycles. The SMILES string of the molecule is CC(=O)COCCOCCOCCOCCNC(=O)COC(CCC(=O)CCl)CCC(=O)CCl. The summed E-state index contributed by atoms with van der Waals surface area (Å²) in [6.07, 6.45) is 0.813. The highest BCUT2D eigenvalue weighted by Crippen LogP contribution is 2.11. The molecular weight excluding hydrogens is 493 g/mol. The summed E-state index contributed by atoms with van der Waals surface area (Å²) in [5.74, 6) is -0.733. The molecule has 0 aromatic carbocycles. The molecule has 0 bridgehead atoms. The van der Waals surface area contributed by atoms with Crippen LogP contribution >= 0.6 is 23.2 Å². The van der Waals surface area contributed by atoms with Gasteiger partial charge in [0, 0.05) is 19.4 Å². The molecule has 0 rings (SSSR count). The van der Waals surface area contributed by atoms with E-state index in [0.29, 0.717) is 65.6 Å². The topological polar surface area (TPSA) is 126 Å². The number of halogens is 2. The first-order valence-corrected chi connectivity index (χ1v) is 12.3. The van der Waals surface area contributed by atoms with Crippen molar-refractivity contribution < 1.29 is 42.9 Å². The van der Waals surface area contributed by atoms with Crippen LogP contribution in [0.3, 0.4) is 0 Å². The number of carbonyl (C=O) groups excluding carboxylic acids is 4. The monoisotopic (exact) mass is 529 g/mol. The van der Waals surface area contributed by atoms with Crippen molar-refractivity contribution in [2.24, 2.45) is 0 Å². The van der Waals surface area contributed by atoms with E-state index in [2.05, 4.69) is 5.32 Å². The fourth-order valence-corrected chi connectivity index (χ4v) is 2.74. The van der Waals surface area contributed by atoms with Gasteiger partial charge in [-0.25, -0.2) is 0 Å². The average molecular weight is 530 g/mol. The number of carbonyl (C=O) groups is 4. The molecule has 0 atom stereocenters. The van der Waals surface area contributed by atoms with Crippen LogP contribution in [0.1, 0.15) is 32.6 Å². The summed E-state index contributed by atoms with van der Waals surface area (Å²) in [6.45, 7) is 4.36. The number of alkyl halides is 2. The Balaban J connectivity index is 3.70. The number of ketones is 3. The van der Waals surface area contributed by atoms with E-state index in [1.54, 1.807) is 0 Å². The van der Waals surface area contributed by atoms with Gasteiger partial charge in [-0.2, -0.15) is 0 Å². The minimum absolute atomic E-state index is 0.0231. The molecule has 12 heteroatoms. The molecule has 198 valence electrons. The van der Waals surface area contributed by atoms with Crippen molar-refractivity contribution in [3.8, 4) is 0 Å². The number of amides is 1. The highest BCUT2D eigenvalue weighted by Gasteiger charge is 2.15. The Morgan fingerprint density at radius 2 is 1.18 bits per heavy atom. The summed E-state index contributed by atoms with van der Waals surface area (Å²) in [5, 5.41) is 2.67. The van der Waals surface area contributed by atoms with Gasteiger partial charge in [-0.3, -0.25) is 19.2 Å². The van der Waals surface area contributed by atoms with Crippen molar-refractivity contribution in [2.75, 3.05) is 77.8 Å². The highest BCUT2D eigenvalue weighted by atomic mass is 35.5. The Morgan fingerprint density at radius 1 is 0.706 bits per heavy atom. The summed E-state index contributed by atoms with van der Waals surface area (Å²) in [5.41, 5.74) is 0. The summed E-state index contributed by atoms with van der Waals surface area (Å²) in [4.78, 5) is 45.5. The van der Waals surface area contributed by atoms with Gasteiger partial charge in [0.1, 0.15) is 24.8 Å². The summed E-state index contributed by atoms with van der Waals surface area (Å²) in [7, 11) is 0. The molecule has 0 aliphatic rings. The van der Waals surface area contributed by atoms with Gasteiger partial charge in [-0.15, -0.1) is 23.2 Å². The number of Topliss-reactive ketones (excluding diaryl/α,β-unsaturated/α-hetero) is 3. The van der Waals surface area contributed by atoms with Crippen LogP contribution in [0.4, 0.5) is 0 Å². The molecule has 0 fully saturated rings. The predicted molar refractivity (Wildman–Crippen MR) is 127 cm³/mol. The Kier molecular flexibility index (Phi) is 22.8. The second-order valence-electron chi connectivity index (χ2n) is 7.30. The number of ether oxygens (including phenoxy) is 5. The van der Waals surface area contributed by atoms with Crippen LogP contribution in [0.25, 0.3) is 0 Å². The lowest BCUT2D eigenvalue weighted by Gasteiger charge is -2.17. The van der Waals surface area contributed by atoms with Crippen molar-refractivity contribution in [3.05, 3.63) is 0 Å². The van der Waals surface area contributed by atoms with E-state index in [-0.39, 0.29) is 61.1 Å². The Hall–Kier alpha value is -1.14. The molecule has 0 spiro atoms. The summed E-state index contributed by atoms with van der Waals surface area (Å²) < 4.78 is 26.6. The quantitative estimate of drug-likeness (QED) is 0.137. The lowest BCUT2D eigenvalue weighted by molar-refractivity contribution is -0.128. The second kappa shape index (κ2) is 23.6. The third kappa shape index (κ3) is 22.6. The van der Waals surface area contributed by atoms with Gasteiger partial charge in [0.05, 0.1) is 64.1 Å². The first kappa shape index (κ1) is 32.9. The van der Waals surface area contributed by atoms with E-state index in [1.165, 1.54) is 6.92 Å². The normalized spacial score (nSPS) is 11.1. The maximum Gasteiger partial charge on any atom is 0.246 e. The molecule has 1 N–H and O–H groups in total. The van der Waals surface area contributed by atoms with Crippen molar-refractivity contribution in [2.45, 2.75) is 38.7 Å². The molecule has 0 unspecified atom stereocenters. The van der Waals surface area contributed by atoms with E-state index in [4.69, 9.17) is 46.9 Å². The average Bonchev–Trinajstić information content (AvgIpc) is 2.82. The summed E-state index contributed by atoms with van der Waals surface area (Å²) >= 11 is 11.0. The van der Waals surface area contributed by atoms with E-state index in [9.17, 15) is 19.2 Å². The largest absolute Gasteiger partial charge is 0.377 e. The molecule has 1 amide bonds. The van der Waals surface area contributed by atoms with Crippen LogP contribution in [0.5, 0.6) is 0 Å². The van der Waals surface area contributed by atoms with Gasteiger partial charge in [-0.1, -0.05) is 0 Å². The van der Waals surface area contributed by atoms with Crippen LogP contribution in [0.2, 0.25) is 0 Å². The van der Waals surface area contributed by atoms with Gasteiger partial charge in [-0.05, 0) is 19.8 Å². The maximum atomic E-state index is 11.9. The van der Waals surface area contributed by atoms with Crippen LogP contribution in [-0.4, -0.2) is 107 Å². The predicted octanol–water partition coefficient (Wildman–Crippen LogP) is 1.32. The molecule has 0 saturated heterocycles. The fourth-order valence-electron chi connectivity index (χ4n) is 2.47. The van der Waals surface area contributed by atoms with Crippen LogP contribution in [-0.2, 0) is 42.9 Å². The summed E-state index contributed by atoms with van der Waals surface area (Å²) in [6, 6.07) is 0. The molecule has 0 heterocycles. The number of nitrogens with one attached hydrogen (secondary N) is 1. The van der Waals surface area contributed by atoms with Crippen molar-refractivity contribution >= 4 is 46.5 Å². The van der Waals surface area contributed by atoms with Crippen molar-refractivity contribution in [1.82, 2.24) is 5.32 Å². The lowest BCUT2D eigenvalue weighted by atomic mass is 10.1. The van der Waals surface area contributed by atoms with E-state index in [0.717, 1.165) is 0 Å². The third-order valence-corrected chi connectivity index (χ3v) is 4.82. The molecule has 0 aromatic heterocycles. The smallest absolute Gasteiger partial charge is 0.246 e. The molecule has 0 aromatic rings. The minimum Gasteiger partial charge on any atom is -0.377 e. The van der Waals surface area contributed by atoms with Crippen LogP contribution < -0.4 is 5.32 Å². The molecular formula is C22H37Cl2NO9. The molecule has 0 aliphatic heterocycles. The molecule has 0 aliphatic carbocycles. The zero-order chi connectivity index (χ0) is 25.4. The zero-order valence-corrected chi connectivity index (χ0v) is 21.3.